The van der Waals surface area contributed by atoms with E-state index in [1.165, 1.54) is 11.0 Å². The van der Waals surface area contributed by atoms with Crippen LogP contribution in [-0.4, -0.2) is 60.9 Å². The van der Waals surface area contributed by atoms with E-state index in [4.69, 9.17) is 4.74 Å². The Balaban J connectivity index is 1.59. The summed E-state index contributed by atoms with van der Waals surface area (Å²) in [6, 6.07) is 1.78. The molecule has 0 radical (unpaired) electrons. The second-order valence-electron chi connectivity index (χ2n) is 6.85. The van der Waals surface area contributed by atoms with Gasteiger partial charge in [-0.3, -0.25) is 9.48 Å². The van der Waals surface area contributed by atoms with Crippen LogP contribution in [0.25, 0.3) is 11.0 Å². The number of hydrogen-bond donors (Lipinski definition) is 2. The quantitative estimate of drug-likeness (QED) is 0.605. The molecule has 1 saturated heterocycles. The van der Waals surface area contributed by atoms with Gasteiger partial charge in [0, 0.05) is 19.3 Å². The van der Waals surface area contributed by atoms with Crippen molar-refractivity contribution in [2.24, 2.45) is 0 Å². The molecule has 1 aliphatic heterocycles. The van der Waals surface area contributed by atoms with Gasteiger partial charge in [-0.1, -0.05) is 6.58 Å². The number of carbonyl (C=O) groups excluding carboxylic acids is 1. The summed E-state index contributed by atoms with van der Waals surface area (Å²) in [4.78, 5) is 25.5. The fraction of sp³-hybridized carbons (Fsp3) is 0.368. The third kappa shape index (κ3) is 3.97. The molecule has 4 rings (SSSR count). The Bertz CT molecular complexity index is 1030. The summed E-state index contributed by atoms with van der Waals surface area (Å²) in [5.74, 6) is 0.476. The Hall–Kier alpha value is -3.27. The number of quaternary nitrogens is 1. The predicted molar refractivity (Wildman–Crippen MR) is 104 cm³/mol. The van der Waals surface area contributed by atoms with Crippen LogP contribution >= 0.6 is 0 Å². The van der Waals surface area contributed by atoms with E-state index in [1.54, 1.807) is 28.5 Å². The van der Waals surface area contributed by atoms with Crippen LogP contribution in [0.4, 0.5) is 16.0 Å². The first-order chi connectivity index (χ1) is 14.1. The van der Waals surface area contributed by atoms with Gasteiger partial charge < -0.3 is 14.6 Å². The van der Waals surface area contributed by atoms with Crippen LogP contribution in [0.5, 0.6) is 5.88 Å². The third-order valence-corrected chi connectivity index (χ3v) is 4.90. The zero-order chi connectivity index (χ0) is 20.4. The highest BCUT2D eigenvalue weighted by atomic mass is 19.1. The lowest BCUT2D eigenvalue weighted by molar-refractivity contribution is -0.487. The van der Waals surface area contributed by atoms with E-state index in [1.807, 2.05) is 13.1 Å². The molecule has 0 saturated carbocycles. The van der Waals surface area contributed by atoms with E-state index in [2.05, 4.69) is 26.6 Å². The molecule has 0 bridgehead atoms. The van der Waals surface area contributed by atoms with Gasteiger partial charge in [-0.15, -0.1) is 4.98 Å². The van der Waals surface area contributed by atoms with Crippen molar-refractivity contribution in [3.63, 3.8) is 0 Å². The van der Waals surface area contributed by atoms with Gasteiger partial charge in [0.2, 0.25) is 11.8 Å². The Morgan fingerprint density at radius 1 is 1.52 bits per heavy atom. The monoisotopic (exact) mass is 400 g/mol. The number of fused-ring (bicyclic) bond motifs is 1. The number of rotatable bonds is 6. The standard InChI is InChI=1S/C19H22FN7O2/c1-3-16(28)26-8-6-14(20)15(11-26)29-18-13-5-7-21-17(13)24-19(25-18)23-12-9-22-27(4-2)10-12/h3,5,7,9-10,14-15H,1,4,6,8,11H2,2H3,(H2,21,23,24,25)/p+1/t14-,15+/m0/s1. The fourth-order valence-electron chi connectivity index (χ4n) is 3.33. The number of alkyl halides is 1. The average molecular weight is 400 g/mol. The van der Waals surface area contributed by atoms with Crippen molar-refractivity contribution in [3.05, 3.63) is 37.3 Å². The molecule has 4 heterocycles. The number of piperidine rings is 1. The first-order valence-corrected chi connectivity index (χ1v) is 9.51. The van der Waals surface area contributed by atoms with Crippen molar-refractivity contribution < 1.29 is 19.2 Å². The van der Waals surface area contributed by atoms with Crippen molar-refractivity contribution in [1.29, 1.82) is 0 Å². The number of aromatic nitrogens is 5. The molecule has 1 amide bonds. The minimum absolute atomic E-state index is 0.143. The third-order valence-electron chi connectivity index (χ3n) is 4.90. The second kappa shape index (κ2) is 8.00. The number of H-pyrrole nitrogens is 1. The summed E-state index contributed by atoms with van der Waals surface area (Å²) in [6.45, 7) is 6.75. The second-order valence-corrected chi connectivity index (χ2v) is 6.85. The van der Waals surface area contributed by atoms with Crippen LogP contribution < -0.4 is 10.1 Å². The number of halogens is 1. The van der Waals surface area contributed by atoms with E-state index < -0.39 is 12.3 Å². The molecule has 9 nitrogen and oxygen atoms in total. The summed E-state index contributed by atoms with van der Waals surface area (Å²) < 4.78 is 22.3. The van der Waals surface area contributed by atoms with Crippen LogP contribution in [0.3, 0.4) is 0 Å². The molecule has 0 unspecified atom stereocenters. The van der Waals surface area contributed by atoms with E-state index in [0.717, 1.165) is 12.2 Å². The number of amides is 1. The van der Waals surface area contributed by atoms with Crippen LogP contribution in [0, 0.1) is 0 Å². The normalized spacial score (nSPS) is 19.4. The van der Waals surface area contributed by atoms with Gasteiger partial charge in [-0.2, -0.15) is 10.1 Å². The first-order valence-electron chi connectivity index (χ1n) is 9.51. The van der Waals surface area contributed by atoms with E-state index in [9.17, 15) is 9.18 Å². The van der Waals surface area contributed by atoms with Gasteiger partial charge in [0.15, 0.2) is 11.3 Å². The van der Waals surface area contributed by atoms with Gasteiger partial charge >= 0.3 is 5.95 Å². The Morgan fingerprint density at radius 3 is 3.14 bits per heavy atom. The number of aromatic amines is 1. The number of carbonyl (C=O) groups is 1. The van der Waals surface area contributed by atoms with Gasteiger partial charge in [0.25, 0.3) is 0 Å². The van der Waals surface area contributed by atoms with Gasteiger partial charge in [-0.25, -0.2) is 9.71 Å². The molecule has 1 aliphatic rings. The number of ether oxygens (including phenoxy) is 1. The molecule has 0 aromatic carbocycles. The lowest BCUT2D eigenvalue weighted by Crippen LogP contribution is -2.72. The molecule has 2 atom stereocenters. The van der Waals surface area contributed by atoms with Crippen molar-refractivity contribution in [1.82, 2.24) is 29.6 Å². The molecule has 1 fully saturated rings. The van der Waals surface area contributed by atoms with Crippen molar-refractivity contribution in [3.8, 4) is 5.88 Å². The van der Waals surface area contributed by atoms with Gasteiger partial charge in [0.05, 0.1) is 18.1 Å². The molecule has 3 N–H and O–H groups in total. The molecule has 29 heavy (non-hydrogen) atoms. The Labute approximate surface area is 166 Å². The Morgan fingerprint density at radius 2 is 2.38 bits per heavy atom. The predicted octanol–water partition coefficient (Wildman–Crippen LogP) is 1.20. The molecule has 3 aromatic heterocycles. The fourth-order valence-corrected chi connectivity index (χ4v) is 3.33. The van der Waals surface area contributed by atoms with E-state index in [0.29, 0.717) is 23.5 Å². The SMILES string of the molecule is C=CC(=O)N1CC[C@H](F)[C@H](Oc2nc([NH2+]c3cnn(CC)c3)nc3[nH]ccc23)C1. The molecule has 0 spiro atoms. The lowest BCUT2D eigenvalue weighted by Gasteiger charge is -2.34. The smallest absolute Gasteiger partial charge is 0.336 e. The number of hydrogen-bond acceptors (Lipinski definition) is 5. The van der Waals surface area contributed by atoms with Crippen LogP contribution in [-0.2, 0) is 11.3 Å². The largest absolute Gasteiger partial charge is 0.469 e. The molecule has 10 heteroatoms. The summed E-state index contributed by atoms with van der Waals surface area (Å²) in [7, 11) is 0. The highest BCUT2D eigenvalue weighted by Crippen LogP contribution is 2.26. The molecule has 152 valence electrons. The lowest BCUT2D eigenvalue weighted by atomic mass is 10.1. The highest BCUT2D eigenvalue weighted by Gasteiger charge is 2.33. The number of aryl methyl sites for hydroxylation is 1. The maximum Gasteiger partial charge on any atom is 0.336 e. The number of nitrogens with zero attached hydrogens (tertiary/aromatic N) is 5. The van der Waals surface area contributed by atoms with Crippen LogP contribution in [0.15, 0.2) is 37.3 Å². The van der Waals surface area contributed by atoms with Crippen molar-refractivity contribution in [2.75, 3.05) is 13.1 Å². The average Bonchev–Trinajstić information content (AvgIpc) is 3.38. The first kappa shape index (κ1) is 19.1. The topological polar surface area (TPSA) is 106 Å². The molecule has 0 aliphatic carbocycles. The summed E-state index contributed by atoms with van der Waals surface area (Å²) in [5, 5.41) is 6.68. The maximum absolute atomic E-state index is 14.5. The molecular weight excluding hydrogens is 377 g/mol. The van der Waals surface area contributed by atoms with Crippen LogP contribution in [0.2, 0.25) is 0 Å². The zero-order valence-electron chi connectivity index (χ0n) is 16.1. The van der Waals surface area contributed by atoms with Crippen molar-refractivity contribution in [2.45, 2.75) is 32.2 Å². The van der Waals surface area contributed by atoms with Crippen LogP contribution in [0.1, 0.15) is 13.3 Å². The maximum atomic E-state index is 14.5. The number of likely N-dealkylation sites (tertiary alicyclic amines) is 1. The van der Waals surface area contributed by atoms with Gasteiger partial charge in [0.1, 0.15) is 18.5 Å². The zero-order valence-corrected chi connectivity index (χ0v) is 16.1. The van der Waals surface area contributed by atoms with E-state index >= 15 is 0 Å². The minimum atomic E-state index is -1.19. The number of nitrogens with two attached hydrogens (primary N) is 1. The molecule has 3 aromatic rings. The number of nitrogens with one attached hydrogen (secondary N) is 1. The summed E-state index contributed by atoms with van der Waals surface area (Å²) in [5.41, 5.74) is 1.45. The molecular formula is C19H23FN7O2+. The Kier molecular flexibility index (Phi) is 5.26. The highest BCUT2D eigenvalue weighted by molar-refractivity contribution is 5.87. The summed E-state index contributed by atoms with van der Waals surface area (Å²) >= 11 is 0. The summed E-state index contributed by atoms with van der Waals surface area (Å²) in [6.07, 6.45) is 4.78. The van der Waals surface area contributed by atoms with Gasteiger partial charge in [-0.05, 0) is 25.5 Å². The van der Waals surface area contributed by atoms with Crippen molar-refractivity contribution >= 4 is 28.6 Å². The minimum Gasteiger partial charge on any atom is -0.469 e. The van der Waals surface area contributed by atoms with E-state index in [-0.39, 0.29) is 24.8 Å².